The van der Waals surface area contributed by atoms with Gasteiger partial charge in [0.25, 0.3) is 0 Å². The Morgan fingerprint density at radius 2 is 1.97 bits per heavy atom. The van der Waals surface area contributed by atoms with Crippen LogP contribution >= 0.6 is 11.8 Å². The summed E-state index contributed by atoms with van der Waals surface area (Å²) in [6.45, 7) is 5.82. The third-order valence-corrected chi connectivity index (χ3v) is 5.23. The number of benzene rings is 2. The van der Waals surface area contributed by atoms with Crippen molar-refractivity contribution in [1.29, 1.82) is 0 Å². The fraction of sp³-hybridized carbons (Fsp3) is 0.182. The number of nitrogens with zero attached hydrogens (tertiary/aromatic N) is 3. The molecule has 0 aliphatic rings. The molecule has 3 aromatic rings. The number of methoxy groups -OCH3 is 1. The summed E-state index contributed by atoms with van der Waals surface area (Å²) in [7, 11) is 1.61. The van der Waals surface area contributed by atoms with Crippen molar-refractivity contribution in [3.05, 3.63) is 66.7 Å². The third-order valence-electron chi connectivity index (χ3n) is 4.26. The molecule has 0 bridgehead atoms. The van der Waals surface area contributed by atoms with Crippen LogP contribution < -0.4 is 10.1 Å². The summed E-state index contributed by atoms with van der Waals surface area (Å²) in [5.41, 5.74) is 2.10. The van der Waals surface area contributed by atoms with E-state index in [9.17, 15) is 9.59 Å². The minimum absolute atomic E-state index is 0.0168. The van der Waals surface area contributed by atoms with E-state index in [2.05, 4.69) is 22.1 Å². The molecule has 3 rings (SSSR count). The maximum absolute atomic E-state index is 12.3. The number of ketones is 1. The van der Waals surface area contributed by atoms with Crippen molar-refractivity contribution in [3.8, 4) is 17.1 Å². The van der Waals surface area contributed by atoms with Gasteiger partial charge >= 0.3 is 0 Å². The molecule has 0 radical (unpaired) electrons. The van der Waals surface area contributed by atoms with E-state index in [0.717, 1.165) is 11.3 Å². The first kappa shape index (κ1) is 21.3. The average Bonchev–Trinajstić information content (AvgIpc) is 3.15. The van der Waals surface area contributed by atoms with Gasteiger partial charge in [-0.25, -0.2) is 0 Å². The van der Waals surface area contributed by atoms with E-state index >= 15 is 0 Å². The molecule has 8 heteroatoms. The minimum Gasteiger partial charge on any atom is -0.497 e. The Kier molecular flexibility index (Phi) is 7.03. The summed E-state index contributed by atoms with van der Waals surface area (Å²) in [5, 5.41) is 12.0. The lowest BCUT2D eigenvalue weighted by Crippen LogP contribution is -2.14. The summed E-state index contributed by atoms with van der Waals surface area (Å²) in [5.74, 6) is 1.38. The van der Waals surface area contributed by atoms with Gasteiger partial charge in [-0.2, -0.15) is 0 Å². The summed E-state index contributed by atoms with van der Waals surface area (Å²) >= 11 is 1.29. The predicted molar refractivity (Wildman–Crippen MR) is 118 cm³/mol. The second-order valence-corrected chi connectivity index (χ2v) is 7.35. The number of hydrogen-bond donors (Lipinski definition) is 1. The Morgan fingerprint density at radius 1 is 1.20 bits per heavy atom. The number of aromatic nitrogens is 3. The number of carbonyl (C=O) groups is 2. The van der Waals surface area contributed by atoms with E-state index in [-0.39, 0.29) is 17.4 Å². The number of ether oxygens (including phenoxy) is 1. The van der Waals surface area contributed by atoms with Gasteiger partial charge in [0.1, 0.15) is 5.75 Å². The first-order chi connectivity index (χ1) is 14.5. The van der Waals surface area contributed by atoms with E-state index in [1.807, 2.05) is 28.8 Å². The molecule has 0 aliphatic carbocycles. The molecule has 0 saturated carbocycles. The number of rotatable bonds is 9. The van der Waals surface area contributed by atoms with Crippen LogP contribution in [0, 0.1) is 0 Å². The number of Topliss-reactive ketones (excluding diaryl/α,β-unsaturated/α-hetero) is 1. The monoisotopic (exact) mass is 422 g/mol. The Balaban J connectivity index is 1.70. The van der Waals surface area contributed by atoms with Crippen molar-refractivity contribution in [3.63, 3.8) is 0 Å². The first-order valence-electron chi connectivity index (χ1n) is 9.24. The molecule has 1 amide bonds. The predicted octanol–water partition coefficient (Wildman–Crippen LogP) is 4.07. The third kappa shape index (κ3) is 5.15. The number of nitrogens with one attached hydrogen (secondary N) is 1. The number of allylic oxidation sites excluding steroid dienone is 1. The molecule has 0 spiro atoms. The number of amides is 1. The average molecular weight is 423 g/mol. The summed E-state index contributed by atoms with van der Waals surface area (Å²) in [6.07, 6.45) is 1.76. The van der Waals surface area contributed by atoms with E-state index in [1.165, 1.54) is 18.7 Å². The smallest absolute Gasteiger partial charge is 0.234 e. The fourth-order valence-electron chi connectivity index (χ4n) is 2.78. The lowest BCUT2D eigenvalue weighted by molar-refractivity contribution is -0.113. The largest absolute Gasteiger partial charge is 0.497 e. The topological polar surface area (TPSA) is 86.1 Å². The second-order valence-electron chi connectivity index (χ2n) is 6.41. The molecule has 1 aromatic heterocycles. The van der Waals surface area contributed by atoms with Crippen LogP contribution in [0.25, 0.3) is 11.4 Å². The van der Waals surface area contributed by atoms with Crippen molar-refractivity contribution >= 4 is 29.1 Å². The number of thioether (sulfide) groups is 1. The Hall–Kier alpha value is -3.39. The minimum atomic E-state index is -0.174. The number of carbonyl (C=O) groups excluding carboxylic acids is 2. The summed E-state index contributed by atoms with van der Waals surface area (Å²) in [4.78, 5) is 23.7. The van der Waals surface area contributed by atoms with Gasteiger partial charge < -0.3 is 10.1 Å². The van der Waals surface area contributed by atoms with Crippen LogP contribution in [0.5, 0.6) is 5.75 Å². The summed E-state index contributed by atoms with van der Waals surface area (Å²) in [6, 6.07) is 14.4. The summed E-state index contributed by atoms with van der Waals surface area (Å²) < 4.78 is 7.19. The van der Waals surface area contributed by atoms with E-state index in [0.29, 0.717) is 28.8 Å². The molecule has 1 heterocycles. The maximum Gasteiger partial charge on any atom is 0.234 e. The van der Waals surface area contributed by atoms with Gasteiger partial charge in [0.2, 0.25) is 5.91 Å². The molecule has 0 saturated heterocycles. The van der Waals surface area contributed by atoms with Crippen molar-refractivity contribution in [2.75, 3.05) is 18.2 Å². The van der Waals surface area contributed by atoms with Crippen LogP contribution in [-0.4, -0.2) is 39.3 Å². The van der Waals surface area contributed by atoms with Crippen molar-refractivity contribution in [1.82, 2.24) is 14.8 Å². The highest BCUT2D eigenvalue weighted by Crippen LogP contribution is 2.26. The maximum atomic E-state index is 12.3. The van der Waals surface area contributed by atoms with Crippen molar-refractivity contribution in [2.45, 2.75) is 18.6 Å². The van der Waals surface area contributed by atoms with Gasteiger partial charge in [-0.15, -0.1) is 16.8 Å². The zero-order valence-corrected chi connectivity index (χ0v) is 17.6. The second kappa shape index (κ2) is 9.89. The molecule has 0 unspecified atom stereocenters. The highest BCUT2D eigenvalue weighted by molar-refractivity contribution is 7.99. The zero-order chi connectivity index (χ0) is 21.5. The Bertz CT molecular complexity index is 1060. The van der Waals surface area contributed by atoms with Crippen LogP contribution in [0.2, 0.25) is 0 Å². The lowest BCUT2D eigenvalue weighted by Gasteiger charge is -2.09. The van der Waals surface area contributed by atoms with E-state index in [1.54, 1.807) is 37.5 Å². The van der Waals surface area contributed by atoms with Gasteiger partial charge in [0.15, 0.2) is 16.8 Å². The SMILES string of the molecule is C=CCn1c(SCC(=O)Nc2ccc(C(C)=O)cc2)nnc1-c1cccc(OC)c1. The van der Waals surface area contributed by atoms with Crippen LogP contribution in [0.4, 0.5) is 5.69 Å². The van der Waals surface area contributed by atoms with Gasteiger partial charge in [-0.3, -0.25) is 14.2 Å². The molecule has 2 aromatic carbocycles. The molecule has 30 heavy (non-hydrogen) atoms. The van der Waals surface area contributed by atoms with Gasteiger partial charge in [-0.1, -0.05) is 30.0 Å². The molecule has 7 nitrogen and oxygen atoms in total. The molecule has 0 atom stereocenters. The zero-order valence-electron chi connectivity index (χ0n) is 16.8. The number of hydrogen-bond acceptors (Lipinski definition) is 6. The van der Waals surface area contributed by atoms with Crippen molar-refractivity contribution in [2.24, 2.45) is 0 Å². The van der Waals surface area contributed by atoms with Crippen LogP contribution in [-0.2, 0) is 11.3 Å². The van der Waals surface area contributed by atoms with Crippen LogP contribution in [0.3, 0.4) is 0 Å². The first-order valence-corrected chi connectivity index (χ1v) is 10.2. The molecular weight excluding hydrogens is 400 g/mol. The Labute approximate surface area is 179 Å². The molecule has 0 aliphatic heterocycles. The van der Waals surface area contributed by atoms with Gasteiger partial charge in [0.05, 0.1) is 12.9 Å². The van der Waals surface area contributed by atoms with Crippen molar-refractivity contribution < 1.29 is 14.3 Å². The fourth-order valence-corrected chi connectivity index (χ4v) is 3.53. The lowest BCUT2D eigenvalue weighted by atomic mass is 10.1. The molecule has 154 valence electrons. The van der Waals surface area contributed by atoms with Gasteiger partial charge in [-0.05, 0) is 43.3 Å². The quantitative estimate of drug-likeness (QED) is 0.318. The Morgan fingerprint density at radius 3 is 2.63 bits per heavy atom. The van der Waals surface area contributed by atoms with Crippen LogP contribution in [0.15, 0.2) is 66.3 Å². The standard InChI is InChI=1S/C22H22N4O3S/c1-4-12-26-21(17-6-5-7-19(13-17)29-3)24-25-22(26)30-14-20(28)23-18-10-8-16(9-11-18)15(2)27/h4-11,13H,1,12,14H2,2-3H3,(H,23,28). The van der Waals surface area contributed by atoms with Gasteiger partial charge in [0, 0.05) is 23.4 Å². The van der Waals surface area contributed by atoms with Crippen LogP contribution in [0.1, 0.15) is 17.3 Å². The highest BCUT2D eigenvalue weighted by Gasteiger charge is 2.15. The molecule has 1 N–H and O–H groups in total. The number of anilines is 1. The normalized spacial score (nSPS) is 10.5. The molecule has 0 fully saturated rings. The molecular formula is C22H22N4O3S. The highest BCUT2D eigenvalue weighted by atomic mass is 32.2. The van der Waals surface area contributed by atoms with E-state index < -0.39 is 0 Å². The van der Waals surface area contributed by atoms with E-state index in [4.69, 9.17) is 4.74 Å².